The maximum Gasteiger partial charge on any atom is 0.275 e. The van der Waals surface area contributed by atoms with Crippen molar-refractivity contribution >= 4 is 37.5 Å². The van der Waals surface area contributed by atoms with E-state index >= 15 is 0 Å². The van der Waals surface area contributed by atoms with E-state index in [9.17, 15) is 0 Å². The normalized spacial score (nSPS) is 10.6. The SMILES string of the molecule is COc1cc(OCc2ccccc2)c2sc(OCBr)nc2c1. The summed E-state index contributed by atoms with van der Waals surface area (Å²) in [5, 5.41) is 0.602. The van der Waals surface area contributed by atoms with E-state index in [0.29, 0.717) is 23.1 Å². The molecule has 0 amide bonds. The van der Waals surface area contributed by atoms with Gasteiger partial charge in [0.15, 0.2) is 0 Å². The average molecular weight is 380 g/mol. The number of rotatable bonds is 6. The molecule has 0 saturated heterocycles. The summed E-state index contributed by atoms with van der Waals surface area (Å²) < 4.78 is 17.6. The molecule has 0 aliphatic carbocycles. The van der Waals surface area contributed by atoms with Crippen LogP contribution in [0.25, 0.3) is 10.2 Å². The highest BCUT2D eigenvalue weighted by molar-refractivity contribution is 9.09. The van der Waals surface area contributed by atoms with Crippen molar-refractivity contribution in [1.82, 2.24) is 4.98 Å². The molecule has 0 aliphatic heterocycles. The number of halogens is 1. The fraction of sp³-hybridized carbons (Fsp3) is 0.188. The Morgan fingerprint density at radius 1 is 1.14 bits per heavy atom. The molecule has 3 rings (SSSR count). The van der Waals surface area contributed by atoms with E-state index in [-0.39, 0.29) is 0 Å². The molecule has 0 unspecified atom stereocenters. The topological polar surface area (TPSA) is 40.6 Å². The molecule has 0 spiro atoms. The predicted octanol–water partition coefficient (Wildman–Crippen LogP) is 4.62. The maximum absolute atomic E-state index is 5.96. The third-order valence-corrected chi connectivity index (χ3v) is 4.29. The van der Waals surface area contributed by atoms with Crippen molar-refractivity contribution in [2.45, 2.75) is 6.61 Å². The zero-order valence-electron chi connectivity index (χ0n) is 11.9. The first kappa shape index (κ1) is 15.1. The number of hydrogen-bond donors (Lipinski definition) is 0. The number of hydrogen-bond acceptors (Lipinski definition) is 5. The van der Waals surface area contributed by atoms with Crippen LogP contribution >= 0.6 is 27.3 Å². The van der Waals surface area contributed by atoms with Crippen LogP contribution < -0.4 is 14.2 Å². The zero-order valence-corrected chi connectivity index (χ0v) is 14.3. The van der Waals surface area contributed by atoms with Gasteiger partial charge in [0.1, 0.15) is 28.3 Å². The molecule has 0 radical (unpaired) electrons. The first-order valence-electron chi connectivity index (χ1n) is 6.64. The summed E-state index contributed by atoms with van der Waals surface area (Å²) in [6, 6.07) is 13.8. The summed E-state index contributed by atoms with van der Waals surface area (Å²) in [6.07, 6.45) is 0. The molecule has 3 aromatic rings. The zero-order chi connectivity index (χ0) is 15.4. The second-order valence-electron chi connectivity index (χ2n) is 4.48. The summed E-state index contributed by atoms with van der Waals surface area (Å²) in [5.74, 6) is 1.46. The number of methoxy groups -OCH3 is 1. The molecular formula is C16H14BrNO3S. The molecule has 22 heavy (non-hydrogen) atoms. The molecule has 0 atom stereocenters. The number of ether oxygens (including phenoxy) is 3. The van der Waals surface area contributed by atoms with Gasteiger partial charge in [-0.3, -0.25) is 0 Å². The Balaban J connectivity index is 1.92. The minimum atomic E-state index is 0.407. The Morgan fingerprint density at radius 3 is 2.68 bits per heavy atom. The molecule has 0 N–H and O–H groups in total. The molecule has 2 aromatic carbocycles. The molecular weight excluding hydrogens is 366 g/mol. The highest BCUT2D eigenvalue weighted by Gasteiger charge is 2.13. The monoisotopic (exact) mass is 379 g/mol. The van der Waals surface area contributed by atoms with Crippen LogP contribution in [-0.2, 0) is 6.61 Å². The molecule has 1 heterocycles. The first-order valence-corrected chi connectivity index (χ1v) is 8.58. The van der Waals surface area contributed by atoms with Gasteiger partial charge in [0.25, 0.3) is 5.19 Å². The Morgan fingerprint density at radius 2 is 1.95 bits per heavy atom. The van der Waals surface area contributed by atoms with Crippen LogP contribution in [-0.4, -0.2) is 17.6 Å². The lowest BCUT2D eigenvalue weighted by Gasteiger charge is -2.08. The lowest BCUT2D eigenvalue weighted by molar-refractivity contribution is 0.308. The fourth-order valence-corrected chi connectivity index (χ4v) is 3.26. The van der Waals surface area contributed by atoms with Gasteiger partial charge < -0.3 is 14.2 Å². The highest BCUT2D eigenvalue weighted by atomic mass is 79.9. The van der Waals surface area contributed by atoms with Crippen molar-refractivity contribution in [3.05, 3.63) is 48.0 Å². The number of aromatic nitrogens is 1. The van der Waals surface area contributed by atoms with E-state index in [1.165, 1.54) is 11.3 Å². The highest BCUT2D eigenvalue weighted by Crippen LogP contribution is 2.38. The molecule has 114 valence electrons. The fourth-order valence-electron chi connectivity index (χ4n) is 2.03. The predicted molar refractivity (Wildman–Crippen MR) is 91.4 cm³/mol. The Bertz CT molecular complexity index is 761. The van der Waals surface area contributed by atoms with Crippen LogP contribution in [0.5, 0.6) is 16.7 Å². The molecule has 6 heteroatoms. The van der Waals surface area contributed by atoms with Crippen LogP contribution in [0, 0.1) is 0 Å². The average Bonchev–Trinajstić information content (AvgIpc) is 2.96. The summed E-state index contributed by atoms with van der Waals surface area (Å²) >= 11 is 4.70. The maximum atomic E-state index is 5.96. The lowest BCUT2D eigenvalue weighted by atomic mass is 10.2. The van der Waals surface area contributed by atoms with E-state index in [2.05, 4.69) is 20.9 Å². The van der Waals surface area contributed by atoms with Crippen molar-refractivity contribution in [1.29, 1.82) is 0 Å². The summed E-state index contributed by atoms with van der Waals surface area (Å²) in [6.45, 7) is 0.496. The number of alkyl halides is 1. The van der Waals surface area contributed by atoms with E-state index in [0.717, 1.165) is 21.5 Å². The molecule has 0 aliphatic rings. The van der Waals surface area contributed by atoms with Gasteiger partial charge in [0, 0.05) is 12.1 Å². The number of nitrogens with zero attached hydrogens (tertiary/aromatic N) is 1. The van der Waals surface area contributed by atoms with E-state index in [1.54, 1.807) is 7.11 Å². The van der Waals surface area contributed by atoms with E-state index < -0.39 is 0 Å². The van der Waals surface area contributed by atoms with Crippen molar-refractivity contribution in [2.75, 3.05) is 12.6 Å². The van der Waals surface area contributed by atoms with E-state index in [4.69, 9.17) is 14.2 Å². The largest absolute Gasteiger partial charge is 0.497 e. The molecule has 0 fully saturated rings. The molecule has 1 aromatic heterocycles. The second-order valence-corrected chi connectivity index (χ2v) is 5.90. The quantitative estimate of drug-likeness (QED) is 0.586. The van der Waals surface area contributed by atoms with Crippen LogP contribution in [0.3, 0.4) is 0 Å². The third-order valence-electron chi connectivity index (χ3n) is 3.06. The molecule has 0 bridgehead atoms. The molecule has 0 saturated carbocycles. The smallest absolute Gasteiger partial charge is 0.275 e. The lowest BCUT2D eigenvalue weighted by Crippen LogP contribution is -1.95. The Labute approximate surface area is 140 Å². The van der Waals surface area contributed by atoms with Gasteiger partial charge >= 0.3 is 0 Å². The van der Waals surface area contributed by atoms with Crippen LogP contribution in [0.2, 0.25) is 0 Å². The van der Waals surface area contributed by atoms with Crippen LogP contribution in [0.15, 0.2) is 42.5 Å². The summed E-state index contributed by atoms with van der Waals surface area (Å²) in [5.41, 5.74) is 2.33. The van der Waals surface area contributed by atoms with Crippen LogP contribution in [0.4, 0.5) is 0 Å². The Hall–Kier alpha value is -1.79. The van der Waals surface area contributed by atoms with Crippen molar-refractivity contribution in [2.24, 2.45) is 0 Å². The van der Waals surface area contributed by atoms with Gasteiger partial charge in [-0.25, -0.2) is 4.98 Å². The van der Waals surface area contributed by atoms with Crippen molar-refractivity contribution in [3.63, 3.8) is 0 Å². The minimum absolute atomic E-state index is 0.407. The molecule has 4 nitrogen and oxygen atoms in total. The van der Waals surface area contributed by atoms with Crippen molar-refractivity contribution in [3.8, 4) is 16.7 Å². The van der Waals surface area contributed by atoms with Gasteiger partial charge in [-0.2, -0.15) is 0 Å². The van der Waals surface area contributed by atoms with Gasteiger partial charge in [0.05, 0.1) is 12.6 Å². The summed E-state index contributed by atoms with van der Waals surface area (Å²) in [7, 11) is 1.63. The standard InChI is InChI=1S/C16H14BrNO3S/c1-19-12-7-13-15(22-16(18-13)21-10-17)14(8-12)20-9-11-5-3-2-4-6-11/h2-8H,9-10H2,1H3. The summed E-state index contributed by atoms with van der Waals surface area (Å²) in [4.78, 5) is 4.43. The van der Waals surface area contributed by atoms with Crippen LogP contribution in [0.1, 0.15) is 5.56 Å². The van der Waals surface area contributed by atoms with Gasteiger partial charge in [-0.1, -0.05) is 41.7 Å². The first-order chi connectivity index (χ1) is 10.8. The number of fused-ring (bicyclic) bond motifs is 1. The third kappa shape index (κ3) is 3.34. The number of benzene rings is 2. The van der Waals surface area contributed by atoms with Gasteiger partial charge in [-0.05, 0) is 21.5 Å². The van der Waals surface area contributed by atoms with Gasteiger partial charge in [-0.15, -0.1) is 0 Å². The minimum Gasteiger partial charge on any atom is -0.497 e. The number of thiazole rings is 1. The Kier molecular flexibility index (Phi) is 4.80. The van der Waals surface area contributed by atoms with E-state index in [1.807, 2.05) is 42.5 Å². The van der Waals surface area contributed by atoms with Crippen molar-refractivity contribution < 1.29 is 14.2 Å². The van der Waals surface area contributed by atoms with Gasteiger partial charge in [0.2, 0.25) is 0 Å². The second kappa shape index (κ2) is 6.98.